The molecule has 2 N–H and O–H groups in total. The number of aromatic amines is 1. The van der Waals surface area contributed by atoms with E-state index in [1.807, 2.05) is 54.6 Å². The van der Waals surface area contributed by atoms with Gasteiger partial charge in [-0.05, 0) is 60.4 Å². The first-order valence-electron chi connectivity index (χ1n) is 12.7. The minimum Gasteiger partial charge on any atom is -0.493 e. The van der Waals surface area contributed by atoms with Gasteiger partial charge in [0.05, 0.1) is 18.1 Å². The molecule has 0 aliphatic heterocycles. The highest BCUT2D eigenvalue weighted by atomic mass is 32.1. The lowest BCUT2D eigenvalue weighted by atomic mass is 10.0. The summed E-state index contributed by atoms with van der Waals surface area (Å²) in [5.41, 5.74) is 3.07. The predicted molar refractivity (Wildman–Crippen MR) is 149 cm³/mol. The molecule has 6 nitrogen and oxygen atoms in total. The van der Waals surface area contributed by atoms with Gasteiger partial charge in [-0.2, -0.15) is 0 Å². The largest absolute Gasteiger partial charge is 0.493 e. The standard InChI is InChI=1S/C30H33NO5S/c1-3-10-21-18-26(36-24-13-6-5-7-14-24)19-22(11-4-2)27(21)35-17-9-16-34-25-15-8-12-23(20-25)28-29(32)31-30(33)37-28/h5-8,12-15,18-20,32H,3-4,9-11,16-17H2,1-2H3,(H,31,33). The number of ether oxygens (including phenoxy) is 3. The molecule has 0 saturated heterocycles. The zero-order valence-corrected chi connectivity index (χ0v) is 22.1. The number of para-hydroxylation sites is 1. The first-order valence-corrected chi connectivity index (χ1v) is 13.6. The van der Waals surface area contributed by atoms with Crippen molar-refractivity contribution in [2.24, 2.45) is 0 Å². The topological polar surface area (TPSA) is 80.8 Å². The van der Waals surface area contributed by atoms with Crippen LogP contribution in [0.4, 0.5) is 0 Å². The van der Waals surface area contributed by atoms with Crippen LogP contribution in [0.5, 0.6) is 28.9 Å². The number of aromatic hydroxyl groups is 1. The summed E-state index contributed by atoms with van der Waals surface area (Å²) in [6.45, 7) is 5.36. The van der Waals surface area contributed by atoms with Gasteiger partial charge in [-0.25, -0.2) is 0 Å². The third kappa shape index (κ3) is 7.17. The highest BCUT2D eigenvalue weighted by Crippen LogP contribution is 2.34. The van der Waals surface area contributed by atoms with E-state index < -0.39 is 0 Å². The van der Waals surface area contributed by atoms with Crippen molar-refractivity contribution in [3.05, 3.63) is 87.5 Å². The number of nitrogens with one attached hydrogen (secondary N) is 1. The molecular weight excluding hydrogens is 486 g/mol. The van der Waals surface area contributed by atoms with Crippen LogP contribution in [0.3, 0.4) is 0 Å². The molecule has 0 bridgehead atoms. The Bertz CT molecular complexity index is 1320. The summed E-state index contributed by atoms with van der Waals surface area (Å²) in [4.78, 5) is 14.1. The molecule has 0 radical (unpaired) electrons. The summed E-state index contributed by atoms with van der Waals surface area (Å²) in [6.07, 6.45) is 4.58. The number of aryl methyl sites for hydroxylation is 2. The van der Waals surface area contributed by atoms with E-state index in [4.69, 9.17) is 14.2 Å². The van der Waals surface area contributed by atoms with Gasteiger partial charge in [0.25, 0.3) is 0 Å². The van der Waals surface area contributed by atoms with E-state index in [2.05, 4.69) is 31.0 Å². The second-order valence-corrected chi connectivity index (χ2v) is 9.74. The van der Waals surface area contributed by atoms with Crippen LogP contribution in [-0.2, 0) is 12.8 Å². The van der Waals surface area contributed by atoms with E-state index in [0.717, 1.165) is 59.8 Å². The van der Waals surface area contributed by atoms with E-state index >= 15 is 0 Å². The van der Waals surface area contributed by atoms with E-state index in [0.29, 0.717) is 30.3 Å². The van der Waals surface area contributed by atoms with Crippen molar-refractivity contribution in [3.8, 4) is 39.3 Å². The Morgan fingerprint density at radius 1 is 0.811 bits per heavy atom. The normalized spacial score (nSPS) is 10.9. The Morgan fingerprint density at radius 2 is 1.49 bits per heavy atom. The van der Waals surface area contributed by atoms with Crippen LogP contribution in [0, 0.1) is 0 Å². The molecule has 0 fully saturated rings. The maximum atomic E-state index is 11.5. The molecule has 0 atom stereocenters. The second kappa shape index (κ2) is 13.0. The van der Waals surface area contributed by atoms with Crippen molar-refractivity contribution in [3.63, 3.8) is 0 Å². The lowest BCUT2D eigenvalue weighted by Crippen LogP contribution is -2.08. The molecule has 0 aliphatic carbocycles. The monoisotopic (exact) mass is 519 g/mol. The first kappa shape index (κ1) is 26.4. The van der Waals surface area contributed by atoms with Gasteiger partial charge in [0, 0.05) is 12.0 Å². The zero-order valence-electron chi connectivity index (χ0n) is 21.3. The summed E-state index contributed by atoms with van der Waals surface area (Å²) < 4.78 is 18.4. The SMILES string of the molecule is CCCc1cc(Oc2ccccc2)cc(CCC)c1OCCCOc1cccc(-c2sc(=O)[nH]c2O)c1. The third-order valence-corrected chi connectivity index (χ3v) is 6.68. The van der Waals surface area contributed by atoms with Gasteiger partial charge >= 0.3 is 4.87 Å². The molecule has 0 amide bonds. The average molecular weight is 520 g/mol. The van der Waals surface area contributed by atoms with Crippen LogP contribution in [0.15, 0.2) is 71.5 Å². The molecule has 0 unspecified atom stereocenters. The van der Waals surface area contributed by atoms with E-state index in [-0.39, 0.29) is 10.8 Å². The fourth-order valence-corrected chi connectivity index (χ4v) is 4.89. The molecular formula is C30H33NO5S. The van der Waals surface area contributed by atoms with Crippen molar-refractivity contribution >= 4 is 11.3 Å². The Morgan fingerprint density at radius 3 is 2.14 bits per heavy atom. The Balaban J connectivity index is 1.39. The summed E-state index contributed by atoms with van der Waals surface area (Å²) in [6, 6.07) is 21.4. The number of aromatic nitrogens is 1. The van der Waals surface area contributed by atoms with Gasteiger partial charge in [0.1, 0.15) is 23.0 Å². The van der Waals surface area contributed by atoms with Crippen LogP contribution in [-0.4, -0.2) is 23.3 Å². The van der Waals surface area contributed by atoms with E-state index in [1.54, 1.807) is 0 Å². The van der Waals surface area contributed by atoms with E-state index in [9.17, 15) is 9.90 Å². The molecule has 0 aliphatic rings. The van der Waals surface area contributed by atoms with Crippen molar-refractivity contribution < 1.29 is 19.3 Å². The smallest absolute Gasteiger partial charge is 0.307 e. The molecule has 4 rings (SSSR count). The Hall–Kier alpha value is -3.71. The average Bonchev–Trinajstić information content (AvgIpc) is 3.24. The van der Waals surface area contributed by atoms with Crippen LogP contribution in [0.1, 0.15) is 44.2 Å². The van der Waals surface area contributed by atoms with Crippen LogP contribution >= 0.6 is 11.3 Å². The lowest BCUT2D eigenvalue weighted by molar-refractivity contribution is 0.244. The fourth-order valence-electron chi connectivity index (χ4n) is 4.17. The molecule has 1 heterocycles. The number of H-pyrrole nitrogens is 1. The van der Waals surface area contributed by atoms with Crippen molar-refractivity contribution in [1.29, 1.82) is 0 Å². The summed E-state index contributed by atoms with van der Waals surface area (Å²) in [7, 11) is 0. The number of thiazole rings is 1. The summed E-state index contributed by atoms with van der Waals surface area (Å²) >= 11 is 0.972. The third-order valence-electron chi connectivity index (χ3n) is 5.76. The lowest BCUT2D eigenvalue weighted by Gasteiger charge is -2.18. The quantitative estimate of drug-likeness (QED) is 0.180. The van der Waals surface area contributed by atoms with Gasteiger partial charge in [-0.3, -0.25) is 9.78 Å². The molecule has 7 heteroatoms. The van der Waals surface area contributed by atoms with Gasteiger partial charge < -0.3 is 19.3 Å². The summed E-state index contributed by atoms with van der Waals surface area (Å²) in [5.74, 6) is 3.18. The number of hydrogen-bond acceptors (Lipinski definition) is 6. The van der Waals surface area contributed by atoms with Crippen molar-refractivity contribution in [2.75, 3.05) is 13.2 Å². The van der Waals surface area contributed by atoms with E-state index in [1.165, 1.54) is 11.1 Å². The molecule has 4 aromatic rings. The predicted octanol–water partition coefficient (Wildman–Crippen LogP) is 7.35. The van der Waals surface area contributed by atoms with Crippen LogP contribution in [0.25, 0.3) is 10.4 Å². The molecule has 37 heavy (non-hydrogen) atoms. The highest BCUT2D eigenvalue weighted by molar-refractivity contribution is 7.13. The number of hydrogen-bond donors (Lipinski definition) is 2. The van der Waals surface area contributed by atoms with Crippen LogP contribution in [0.2, 0.25) is 0 Å². The van der Waals surface area contributed by atoms with Gasteiger partial charge in [0.2, 0.25) is 5.88 Å². The summed E-state index contributed by atoms with van der Waals surface area (Å²) in [5, 5.41) is 9.93. The second-order valence-electron chi connectivity index (χ2n) is 8.76. The zero-order chi connectivity index (χ0) is 26.0. The molecule has 3 aromatic carbocycles. The van der Waals surface area contributed by atoms with Gasteiger partial charge in [-0.15, -0.1) is 0 Å². The molecule has 1 aromatic heterocycles. The van der Waals surface area contributed by atoms with Crippen molar-refractivity contribution in [2.45, 2.75) is 46.0 Å². The first-order chi connectivity index (χ1) is 18.1. The minimum absolute atomic E-state index is 0.119. The number of rotatable bonds is 13. The Labute approximate surface area is 221 Å². The van der Waals surface area contributed by atoms with Crippen molar-refractivity contribution in [1.82, 2.24) is 4.98 Å². The van der Waals surface area contributed by atoms with Crippen LogP contribution < -0.4 is 19.1 Å². The maximum absolute atomic E-state index is 11.5. The highest BCUT2D eigenvalue weighted by Gasteiger charge is 2.14. The molecule has 0 spiro atoms. The Kier molecular flexibility index (Phi) is 9.27. The fraction of sp³-hybridized carbons (Fsp3) is 0.300. The number of benzene rings is 3. The molecule has 194 valence electrons. The van der Waals surface area contributed by atoms with Gasteiger partial charge in [0.15, 0.2) is 0 Å². The minimum atomic E-state index is -0.291. The van der Waals surface area contributed by atoms with Gasteiger partial charge in [-0.1, -0.05) is 68.4 Å². The maximum Gasteiger partial charge on any atom is 0.307 e. The molecule has 0 saturated carbocycles.